The Hall–Kier alpha value is -0.610. The van der Waals surface area contributed by atoms with Crippen LogP contribution in [0, 0.1) is 11.8 Å². The fraction of sp³-hybridized carbons (Fsp3) is 0.941. The lowest BCUT2D eigenvalue weighted by molar-refractivity contribution is -0.146. The van der Waals surface area contributed by atoms with E-state index in [0.717, 1.165) is 32.4 Å². The van der Waals surface area contributed by atoms with Crippen LogP contribution in [0.15, 0.2) is 0 Å². The zero-order valence-corrected chi connectivity index (χ0v) is 13.3. The predicted molar refractivity (Wildman–Crippen MR) is 82.8 cm³/mol. The Morgan fingerprint density at radius 2 is 1.81 bits per heavy atom. The fourth-order valence-electron chi connectivity index (χ4n) is 4.47. The molecule has 0 aromatic heterocycles. The van der Waals surface area contributed by atoms with E-state index in [1.54, 1.807) is 0 Å². The monoisotopic (exact) mass is 294 g/mol. The van der Waals surface area contributed by atoms with Gasteiger partial charge in [0.1, 0.15) is 6.10 Å². The summed E-state index contributed by atoms with van der Waals surface area (Å²) in [6, 6.07) is 0.297. The van der Waals surface area contributed by atoms with Crippen molar-refractivity contribution in [3.63, 3.8) is 0 Å². The highest BCUT2D eigenvalue weighted by molar-refractivity contribution is 5.80. The average Bonchev–Trinajstić information content (AvgIpc) is 2.93. The molecule has 21 heavy (non-hydrogen) atoms. The van der Waals surface area contributed by atoms with Gasteiger partial charge in [-0.15, -0.1) is 0 Å². The van der Waals surface area contributed by atoms with Crippen molar-refractivity contribution in [2.75, 3.05) is 13.1 Å². The van der Waals surface area contributed by atoms with Crippen molar-refractivity contribution in [3.8, 4) is 0 Å². The maximum atomic E-state index is 12.6. The van der Waals surface area contributed by atoms with Gasteiger partial charge in [0.05, 0.1) is 6.10 Å². The van der Waals surface area contributed by atoms with Gasteiger partial charge in [-0.05, 0) is 44.4 Å². The number of rotatable bonds is 3. The summed E-state index contributed by atoms with van der Waals surface area (Å²) in [4.78, 5) is 14.6. The Kier molecular flexibility index (Phi) is 4.85. The number of fused-ring (bicyclic) bond motifs is 1. The van der Waals surface area contributed by atoms with Crippen molar-refractivity contribution in [2.24, 2.45) is 17.6 Å². The van der Waals surface area contributed by atoms with Gasteiger partial charge in [-0.1, -0.05) is 25.7 Å². The van der Waals surface area contributed by atoms with Crippen LogP contribution in [0.3, 0.4) is 0 Å². The summed E-state index contributed by atoms with van der Waals surface area (Å²) < 4.78 is 6.07. The van der Waals surface area contributed by atoms with Gasteiger partial charge < -0.3 is 15.4 Å². The van der Waals surface area contributed by atoms with E-state index in [4.69, 9.17) is 10.5 Å². The van der Waals surface area contributed by atoms with Crippen LogP contribution in [0.2, 0.25) is 0 Å². The van der Waals surface area contributed by atoms with Crippen LogP contribution >= 0.6 is 0 Å². The molecule has 2 saturated carbocycles. The number of nitrogens with zero attached hydrogens (tertiary/aromatic N) is 1. The van der Waals surface area contributed by atoms with Crippen LogP contribution < -0.4 is 5.73 Å². The first-order valence-electron chi connectivity index (χ1n) is 8.85. The Balaban J connectivity index is 1.50. The van der Waals surface area contributed by atoms with Crippen molar-refractivity contribution in [3.05, 3.63) is 0 Å². The topological polar surface area (TPSA) is 55.6 Å². The molecule has 4 nitrogen and oxygen atoms in total. The summed E-state index contributed by atoms with van der Waals surface area (Å²) in [7, 11) is 0. The predicted octanol–water partition coefficient (Wildman–Crippen LogP) is 2.31. The Morgan fingerprint density at radius 1 is 1.10 bits per heavy atom. The molecule has 1 aliphatic heterocycles. The summed E-state index contributed by atoms with van der Waals surface area (Å²) in [6.07, 6.45) is 9.67. The minimum absolute atomic E-state index is 0.181. The number of carbonyl (C=O) groups is 1. The molecule has 3 rings (SSSR count). The van der Waals surface area contributed by atoms with Crippen molar-refractivity contribution in [2.45, 2.75) is 76.5 Å². The molecule has 0 aromatic carbocycles. The molecule has 3 fully saturated rings. The summed E-state index contributed by atoms with van der Waals surface area (Å²) in [5.41, 5.74) is 6.16. The molecule has 1 heterocycles. The van der Waals surface area contributed by atoms with Crippen molar-refractivity contribution in [1.82, 2.24) is 4.90 Å². The maximum Gasteiger partial charge on any atom is 0.251 e. The zero-order valence-electron chi connectivity index (χ0n) is 13.3. The second kappa shape index (κ2) is 6.66. The lowest BCUT2D eigenvalue weighted by Gasteiger charge is -2.26. The molecule has 0 radical (unpaired) electrons. The zero-order chi connectivity index (χ0) is 14.8. The van der Waals surface area contributed by atoms with Gasteiger partial charge in [0.15, 0.2) is 0 Å². The van der Waals surface area contributed by atoms with Gasteiger partial charge in [0.2, 0.25) is 0 Å². The standard InChI is InChI=1S/C17H30N2O2/c1-12(21-14-6-4-2-3-5-7-14)17(20)19-10-13-8-9-16(18)15(13)11-19/h12-16H,2-11,18H2,1H3. The third-order valence-electron chi connectivity index (χ3n) is 5.77. The smallest absolute Gasteiger partial charge is 0.251 e. The fourth-order valence-corrected chi connectivity index (χ4v) is 4.47. The van der Waals surface area contributed by atoms with E-state index in [9.17, 15) is 4.79 Å². The molecule has 3 aliphatic rings. The maximum absolute atomic E-state index is 12.6. The number of likely N-dealkylation sites (tertiary alicyclic amines) is 1. The molecule has 4 atom stereocenters. The molecule has 2 N–H and O–H groups in total. The summed E-state index contributed by atoms with van der Waals surface area (Å²) >= 11 is 0. The van der Waals surface area contributed by atoms with E-state index in [1.165, 1.54) is 32.1 Å². The third-order valence-corrected chi connectivity index (χ3v) is 5.77. The molecule has 120 valence electrons. The largest absolute Gasteiger partial charge is 0.365 e. The first kappa shape index (κ1) is 15.3. The number of ether oxygens (including phenoxy) is 1. The van der Waals surface area contributed by atoms with Crippen LogP contribution in [0.25, 0.3) is 0 Å². The Morgan fingerprint density at radius 3 is 2.48 bits per heavy atom. The van der Waals surface area contributed by atoms with Crippen LogP contribution in [0.5, 0.6) is 0 Å². The number of amides is 1. The van der Waals surface area contributed by atoms with E-state index < -0.39 is 0 Å². The number of nitrogens with two attached hydrogens (primary N) is 1. The number of hydrogen-bond donors (Lipinski definition) is 1. The summed E-state index contributed by atoms with van der Waals surface area (Å²) in [5, 5.41) is 0. The van der Waals surface area contributed by atoms with Gasteiger partial charge in [-0.25, -0.2) is 0 Å². The SMILES string of the molecule is CC(OC1CCCCCC1)C(=O)N1CC2CCC(N)C2C1. The molecule has 4 unspecified atom stereocenters. The molecular formula is C17H30N2O2. The minimum Gasteiger partial charge on any atom is -0.365 e. The summed E-state index contributed by atoms with van der Waals surface area (Å²) in [5.74, 6) is 1.34. The molecule has 1 amide bonds. The number of carbonyl (C=O) groups excluding carboxylic acids is 1. The number of hydrogen-bond acceptors (Lipinski definition) is 3. The normalized spacial score (nSPS) is 35.5. The molecular weight excluding hydrogens is 264 g/mol. The van der Waals surface area contributed by atoms with E-state index in [2.05, 4.69) is 0 Å². The van der Waals surface area contributed by atoms with Gasteiger partial charge in [-0.2, -0.15) is 0 Å². The molecule has 0 aromatic rings. The Bertz CT molecular complexity index is 366. The molecule has 1 saturated heterocycles. The van der Waals surface area contributed by atoms with Crippen molar-refractivity contribution in [1.29, 1.82) is 0 Å². The lowest BCUT2D eigenvalue weighted by Crippen LogP contribution is -2.40. The highest BCUT2D eigenvalue weighted by atomic mass is 16.5. The molecule has 0 bridgehead atoms. The first-order chi connectivity index (χ1) is 10.1. The quantitative estimate of drug-likeness (QED) is 0.813. The van der Waals surface area contributed by atoms with Gasteiger partial charge in [0, 0.05) is 19.1 Å². The van der Waals surface area contributed by atoms with Crippen LogP contribution in [-0.4, -0.2) is 42.1 Å². The third kappa shape index (κ3) is 3.42. The van der Waals surface area contributed by atoms with E-state index in [-0.39, 0.29) is 18.1 Å². The van der Waals surface area contributed by atoms with Gasteiger partial charge in [0.25, 0.3) is 5.91 Å². The van der Waals surface area contributed by atoms with E-state index in [1.807, 2.05) is 11.8 Å². The van der Waals surface area contributed by atoms with E-state index >= 15 is 0 Å². The highest BCUT2D eigenvalue weighted by Crippen LogP contribution is 2.37. The van der Waals surface area contributed by atoms with E-state index in [0.29, 0.717) is 17.9 Å². The second-order valence-electron chi connectivity index (χ2n) is 7.30. The minimum atomic E-state index is -0.289. The van der Waals surface area contributed by atoms with Crippen molar-refractivity contribution < 1.29 is 9.53 Å². The van der Waals surface area contributed by atoms with Crippen molar-refractivity contribution >= 4 is 5.91 Å². The van der Waals surface area contributed by atoms with Gasteiger partial charge in [-0.3, -0.25) is 4.79 Å². The first-order valence-corrected chi connectivity index (χ1v) is 8.85. The molecule has 0 spiro atoms. The lowest BCUT2D eigenvalue weighted by atomic mass is 9.98. The highest BCUT2D eigenvalue weighted by Gasteiger charge is 2.43. The van der Waals surface area contributed by atoms with Crippen LogP contribution in [0.4, 0.5) is 0 Å². The van der Waals surface area contributed by atoms with Gasteiger partial charge >= 0.3 is 0 Å². The van der Waals surface area contributed by atoms with Crippen LogP contribution in [-0.2, 0) is 9.53 Å². The molecule has 4 heteroatoms. The average molecular weight is 294 g/mol. The second-order valence-corrected chi connectivity index (χ2v) is 7.30. The van der Waals surface area contributed by atoms with Crippen LogP contribution in [0.1, 0.15) is 58.3 Å². The Labute approximate surface area is 128 Å². The summed E-state index contributed by atoms with van der Waals surface area (Å²) in [6.45, 7) is 3.68. The molecule has 2 aliphatic carbocycles.